The highest BCUT2D eigenvalue weighted by molar-refractivity contribution is 7.47. The van der Waals surface area contributed by atoms with Crippen molar-refractivity contribution in [2.24, 2.45) is 0 Å². The molecule has 0 spiro atoms. The van der Waals surface area contributed by atoms with Gasteiger partial charge in [-0.1, -0.05) is 245 Å². The first-order chi connectivity index (χ1) is 38.9. The van der Waals surface area contributed by atoms with E-state index in [1.54, 1.807) is 0 Å². The summed E-state index contributed by atoms with van der Waals surface area (Å²) >= 11 is 0. The van der Waals surface area contributed by atoms with Crippen molar-refractivity contribution in [2.45, 2.75) is 258 Å². The van der Waals surface area contributed by atoms with Crippen molar-refractivity contribution in [3.63, 3.8) is 0 Å². The number of carbonyl (C=O) groups excluding carboxylic acids is 2. The van der Waals surface area contributed by atoms with E-state index in [0.717, 1.165) is 154 Å². The first-order valence-electron chi connectivity index (χ1n) is 32.0. The van der Waals surface area contributed by atoms with Gasteiger partial charge in [-0.05, 0) is 122 Å². The second-order valence-corrected chi connectivity index (χ2v) is 23.6. The summed E-state index contributed by atoms with van der Waals surface area (Å²) in [4.78, 5) is 37.8. The highest BCUT2D eigenvalue weighted by atomic mass is 31.2. The van der Waals surface area contributed by atoms with E-state index in [1.165, 1.54) is 51.4 Å². The Balaban J connectivity index is 5.31. The number of carbonyl (C=O) groups is 2. The average Bonchev–Trinajstić information content (AvgIpc) is 3.42. The predicted molar refractivity (Wildman–Crippen MR) is 346 cm³/mol. The van der Waals surface area contributed by atoms with Gasteiger partial charge in [-0.15, -0.1) is 0 Å². The van der Waals surface area contributed by atoms with Crippen LogP contribution in [0.3, 0.4) is 0 Å². The zero-order chi connectivity index (χ0) is 58.6. The van der Waals surface area contributed by atoms with E-state index >= 15 is 0 Å². The Kier molecular flexibility index (Phi) is 55.5. The summed E-state index contributed by atoms with van der Waals surface area (Å²) < 4.78 is 30.7. The summed E-state index contributed by atoms with van der Waals surface area (Å²) in [5.74, 6) is -0.558. The summed E-state index contributed by atoms with van der Waals surface area (Å²) in [7, 11) is 1.45. The molecule has 0 aliphatic heterocycles. The summed E-state index contributed by atoms with van der Waals surface area (Å²) in [6.07, 6.45) is 83.0. The minimum Gasteiger partial charge on any atom is -0.456 e. The van der Waals surface area contributed by atoms with Gasteiger partial charge in [0.2, 0.25) is 5.91 Å². The number of quaternary nitrogens is 1. The molecule has 456 valence electrons. The normalized spacial score (nSPS) is 14.5. The fourth-order valence-corrected chi connectivity index (χ4v) is 9.20. The lowest BCUT2D eigenvalue weighted by Crippen LogP contribution is -2.47. The molecule has 0 aromatic carbocycles. The standard InChI is InChI=1S/C70H119N2O7P/c1-7-10-13-16-19-22-25-28-30-32-34-36-38-40-42-44-47-50-53-56-59-62-69(73)71-67(66-78-80(75,76)77-65-64-72(4,5)6)68(61-58-55-52-49-46-27-24-21-18-15-12-9-3)79-70(74)63-60-57-54-51-48-45-43-41-39-37-35-33-31-29-26-23-20-17-14-11-8-2/h10-11,13-14,19-20,22-23,28-31,34-37,40-43,58,61,67-68H,7-9,12,15-18,21,24-27,32-33,38-39,44-57,59-60,62-66H2,1-6H3,(H-,71,73,75,76)/p+1/b13-10-,14-11-,22-19-,23-20-,30-28-,31-29-,36-34-,37-35-,42-40-,43-41-,61-58+. The maximum Gasteiger partial charge on any atom is 0.472 e. The highest BCUT2D eigenvalue weighted by Gasteiger charge is 2.30. The number of rotatable bonds is 56. The molecule has 0 saturated carbocycles. The molecule has 10 heteroatoms. The molecular formula is C70H120N2O7P+. The van der Waals surface area contributed by atoms with Crippen molar-refractivity contribution in [3.8, 4) is 0 Å². The molecule has 0 radical (unpaired) electrons. The van der Waals surface area contributed by atoms with Crippen LogP contribution in [-0.4, -0.2) is 74.3 Å². The lowest BCUT2D eigenvalue weighted by molar-refractivity contribution is -0.870. The molecule has 0 heterocycles. The van der Waals surface area contributed by atoms with Gasteiger partial charge in [0, 0.05) is 12.8 Å². The highest BCUT2D eigenvalue weighted by Crippen LogP contribution is 2.43. The average molecular weight is 1130 g/mol. The zero-order valence-electron chi connectivity index (χ0n) is 52.0. The number of nitrogens with one attached hydrogen (secondary N) is 1. The van der Waals surface area contributed by atoms with Crippen LogP contribution in [0.2, 0.25) is 0 Å². The van der Waals surface area contributed by atoms with E-state index in [0.29, 0.717) is 23.9 Å². The van der Waals surface area contributed by atoms with Gasteiger partial charge in [-0.2, -0.15) is 0 Å². The van der Waals surface area contributed by atoms with Crippen LogP contribution in [0.15, 0.2) is 134 Å². The van der Waals surface area contributed by atoms with E-state index in [-0.39, 0.29) is 31.5 Å². The number of ether oxygens (including phenoxy) is 1. The van der Waals surface area contributed by atoms with Crippen LogP contribution in [-0.2, 0) is 27.9 Å². The molecule has 80 heavy (non-hydrogen) atoms. The van der Waals surface area contributed by atoms with Crippen LogP contribution < -0.4 is 5.32 Å². The number of hydrogen-bond donors (Lipinski definition) is 2. The molecule has 9 nitrogen and oxygen atoms in total. The lowest BCUT2D eigenvalue weighted by Gasteiger charge is -2.27. The van der Waals surface area contributed by atoms with Gasteiger partial charge < -0.3 is 19.4 Å². The number of esters is 1. The molecule has 0 aliphatic rings. The zero-order valence-corrected chi connectivity index (χ0v) is 52.9. The molecule has 1 amide bonds. The molecule has 0 aromatic rings. The minimum absolute atomic E-state index is 0.0250. The van der Waals surface area contributed by atoms with Crippen molar-refractivity contribution >= 4 is 19.7 Å². The fourth-order valence-electron chi connectivity index (χ4n) is 8.46. The first kappa shape index (κ1) is 76.1. The van der Waals surface area contributed by atoms with E-state index < -0.39 is 20.0 Å². The first-order valence-corrected chi connectivity index (χ1v) is 33.5. The number of likely N-dealkylation sites (N-methyl/N-ethyl adjacent to an activating group) is 1. The largest absolute Gasteiger partial charge is 0.472 e. The molecule has 0 saturated heterocycles. The third-order valence-electron chi connectivity index (χ3n) is 13.3. The molecule has 0 fully saturated rings. The number of nitrogens with zero attached hydrogens (tertiary/aromatic N) is 1. The Bertz CT molecular complexity index is 1830. The van der Waals surface area contributed by atoms with Gasteiger partial charge >= 0.3 is 13.8 Å². The van der Waals surface area contributed by atoms with Crippen molar-refractivity contribution in [1.29, 1.82) is 0 Å². The Labute approximate surface area is 492 Å². The quantitative estimate of drug-likeness (QED) is 0.0205. The monoisotopic (exact) mass is 1130 g/mol. The second kappa shape index (κ2) is 58.4. The van der Waals surface area contributed by atoms with E-state index in [9.17, 15) is 19.0 Å². The number of unbranched alkanes of at least 4 members (excludes halogenated alkanes) is 20. The van der Waals surface area contributed by atoms with Crippen LogP contribution in [0, 0.1) is 0 Å². The third-order valence-corrected chi connectivity index (χ3v) is 14.3. The molecule has 0 bridgehead atoms. The Morgan fingerprint density at radius 3 is 1.20 bits per heavy atom. The van der Waals surface area contributed by atoms with Crippen LogP contribution in [0.4, 0.5) is 0 Å². The Morgan fingerprint density at radius 1 is 0.450 bits per heavy atom. The SMILES string of the molecule is CC/C=C\C/C=C\C/C=C\C/C=C\C/C=C\CCCCCCCC(=O)NC(COP(=O)(O)OCC[N+](C)(C)C)C(/C=C/CCCCCCCCCCCC)OC(=O)CCCCCCC/C=C\C/C=C\C/C=C\C/C=C\C/C=C\CC. The topological polar surface area (TPSA) is 111 Å². The summed E-state index contributed by atoms with van der Waals surface area (Å²) in [5, 5.41) is 3.04. The maximum atomic E-state index is 13.6. The Morgan fingerprint density at radius 2 is 0.800 bits per heavy atom. The number of phosphoric acid groups is 1. The molecule has 3 unspecified atom stereocenters. The maximum absolute atomic E-state index is 13.6. The molecule has 0 aromatic heterocycles. The van der Waals surface area contributed by atoms with Crippen molar-refractivity contribution < 1.29 is 37.3 Å². The summed E-state index contributed by atoms with van der Waals surface area (Å²) in [6.45, 7) is 6.74. The van der Waals surface area contributed by atoms with Crippen molar-refractivity contribution in [1.82, 2.24) is 5.32 Å². The third kappa shape index (κ3) is 58.8. The summed E-state index contributed by atoms with van der Waals surface area (Å²) in [6, 6.07) is -0.877. The van der Waals surface area contributed by atoms with Gasteiger partial charge in [-0.3, -0.25) is 18.6 Å². The van der Waals surface area contributed by atoms with Crippen LogP contribution in [0.25, 0.3) is 0 Å². The Hall–Kier alpha value is -3.85. The fraction of sp³-hybridized carbons (Fsp3) is 0.657. The van der Waals surface area contributed by atoms with Gasteiger partial charge in [-0.25, -0.2) is 4.57 Å². The molecule has 0 rings (SSSR count). The number of phosphoric ester groups is 1. The van der Waals surface area contributed by atoms with Gasteiger partial charge in [0.1, 0.15) is 19.3 Å². The van der Waals surface area contributed by atoms with Crippen molar-refractivity contribution in [3.05, 3.63) is 134 Å². The van der Waals surface area contributed by atoms with Gasteiger partial charge in [0.25, 0.3) is 0 Å². The minimum atomic E-state index is -4.47. The van der Waals surface area contributed by atoms with E-state index in [2.05, 4.69) is 148 Å². The number of allylic oxidation sites excluding steroid dienone is 21. The summed E-state index contributed by atoms with van der Waals surface area (Å²) in [5.41, 5.74) is 0. The van der Waals surface area contributed by atoms with Crippen LogP contribution in [0.1, 0.15) is 245 Å². The second-order valence-electron chi connectivity index (χ2n) is 22.2. The van der Waals surface area contributed by atoms with E-state index in [4.69, 9.17) is 13.8 Å². The predicted octanol–water partition coefficient (Wildman–Crippen LogP) is 20.1. The van der Waals surface area contributed by atoms with Gasteiger partial charge in [0.15, 0.2) is 0 Å². The number of hydrogen-bond acceptors (Lipinski definition) is 6. The number of amides is 1. The van der Waals surface area contributed by atoms with Crippen LogP contribution in [0.5, 0.6) is 0 Å². The van der Waals surface area contributed by atoms with Crippen LogP contribution >= 0.6 is 7.82 Å². The smallest absolute Gasteiger partial charge is 0.456 e. The van der Waals surface area contributed by atoms with E-state index in [1.807, 2.05) is 33.3 Å². The molecular weight excluding hydrogens is 1010 g/mol. The van der Waals surface area contributed by atoms with Crippen molar-refractivity contribution in [2.75, 3.05) is 40.9 Å². The lowest BCUT2D eigenvalue weighted by atomic mass is 10.0. The molecule has 3 atom stereocenters. The van der Waals surface area contributed by atoms with Gasteiger partial charge in [0.05, 0.1) is 33.8 Å². The molecule has 0 aliphatic carbocycles. The molecule has 2 N–H and O–H groups in total.